The monoisotopic (exact) mass is 387 g/mol. The number of carboxylic acids is 1. The molecule has 6 heteroatoms. The minimum Gasteiger partial charge on any atom is -0.481 e. The number of thioether (sulfide) groups is 1. The van der Waals surface area contributed by atoms with Crippen molar-refractivity contribution >= 4 is 34.3 Å². The SMILES string of the molecule is CCCCCCCCCCCCOC(=S)SC(C)(C#N)CCC(=O)O. The summed E-state index contributed by atoms with van der Waals surface area (Å²) >= 11 is 6.32. The lowest BCUT2D eigenvalue weighted by atomic mass is 10.1. The van der Waals surface area contributed by atoms with Crippen molar-refractivity contribution in [3.8, 4) is 6.07 Å². The van der Waals surface area contributed by atoms with Crippen molar-refractivity contribution in [3.05, 3.63) is 0 Å². The van der Waals surface area contributed by atoms with E-state index in [4.69, 9.17) is 22.1 Å². The van der Waals surface area contributed by atoms with Gasteiger partial charge in [-0.25, -0.2) is 0 Å². The Morgan fingerprint density at radius 3 is 2.12 bits per heavy atom. The quantitative estimate of drug-likeness (QED) is 0.271. The summed E-state index contributed by atoms with van der Waals surface area (Å²) in [4.78, 5) is 10.6. The van der Waals surface area contributed by atoms with Crippen molar-refractivity contribution in [1.82, 2.24) is 0 Å². The summed E-state index contributed by atoms with van der Waals surface area (Å²) in [5.74, 6) is -0.903. The summed E-state index contributed by atoms with van der Waals surface area (Å²) < 4.78 is 5.01. The number of carbonyl (C=O) groups is 1. The van der Waals surface area contributed by atoms with E-state index >= 15 is 0 Å². The van der Waals surface area contributed by atoms with E-state index in [0.717, 1.165) is 24.6 Å². The van der Waals surface area contributed by atoms with E-state index in [9.17, 15) is 10.1 Å². The highest BCUT2D eigenvalue weighted by Gasteiger charge is 2.28. The molecule has 144 valence electrons. The van der Waals surface area contributed by atoms with E-state index in [1.54, 1.807) is 6.92 Å². The van der Waals surface area contributed by atoms with Crippen LogP contribution in [0.3, 0.4) is 0 Å². The van der Waals surface area contributed by atoms with E-state index < -0.39 is 10.7 Å². The fourth-order valence-electron chi connectivity index (χ4n) is 2.43. The molecule has 1 N–H and O–H groups in total. The van der Waals surface area contributed by atoms with Crippen LogP contribution in [-0.2, 0) is 9.53 Å². The van der Waals surface area contributed by atoms with Gasteiger partial charge in [0.05, 0.1) is 12.7 Å². The van der Waals surface area contributed by atoms with Crippen LogP contribution >= 0.6 is 24.0 Å². The first-order valence-electron chi connectivity index (χ1n) is 9.42. The van der Waals surface area contributed by atoms with E-state index in [2.05, 4.69) is 13.0 Å². The van der Waals surface area contributed by atoms with Crippen LogP contribution in [0.2, 0.25) is 0 Å². The van der Waals surface area contributed by atoms with E-state index in [-0.39, 0.29) is 12.8 Å². The second-order valence-corrected chi connectivity index (χ2v) is 8.72. The van der Waals surface area contributed by atoms with Gasteiger partial charge in [0, 0.05) is 6.42 Å². The molecule has 0 aliphatic rings. The maximum absolute atomic E-state index is 10.6. The zero-order valence-electron chi connectivity index (χ0n) is 15.7. The van der Waals surface area contributed by atoms with Crippen molar-refractivity contribution < 1.29 is 14.6 Å². The average Bonchev–Trinajstić information content (AvgIpc) is 2.58. The molecule has 0 aliphatic carbocycles. The Bertz CT molecular complexity index is 423. The van der Waals surface area contributed by atoms with Gasteiger partial charge in [-0.1, -0.05) is 76.5 Å². The molecular weight excluding hydrogens is 354 g/mol. The van der Waals surface area contributed by atoms with Gasteiger partial charge >= 0.3 is 5.97 Å². The number of rotatable bonds is 15. The third-order valence-corrected chi connectivity index (χ3v) is 5.48. The van der Waals surface area contributed by atoms with Gasteiger partial charge in [-0.15, -0.1) is 0 Å². The number of hydrogen-bond donors (Lipinski definition) is 1. The second kappa shape index (κ2) is 15.5. The van der Waals surface area contributed by atoms with E-state index in [1.165, 1.54) is 51.4 Å². The van der Waals surface area contributed by atoms with E-state index in [1.807, 2.05) is 0 Å². The molecule has 0 fully saturated rings. The van der Waals surface area contributed by atoms with Crippen LogP contribution in [0.25, 0.3) is 0 Å². The first-order valence-corrected chi connectivity index (χ1v) is 10.6. The molecule has 0 rings (SSSR count). The highest BCUT2D eigenvalue weighted by Crippen LogP contribution is 2.31. The molecule has 0 spiro atoms. The normalized spacial score (nSPS) is 13.0. The summed E-state index contributed by atoms with van der Waals surface area (Å²) in [5.41, 5.74) is 0. The molecule has 0 saturated carbocycles. The van der Waals surface area contributed by atoms with Gasteiger partial charge in [0.25, 0.3) is 0 Å². The molecule has 0 aromatic rings. The second-order valence-electron chi connectivity index (χ2n) is 6.62. The first kappa shape index (κ1) is 24.2. The Morgan fingerprint density at radius 1 is 1.12 bits per heavy atom. The number of ether oxygens (including phenoxy) is 1. The standard InChI is InChI=1S/C19H33NO3S2/c1-3-4-5-6-7-8-9-10-11-12-15-23-18(24)25-19(2,16-20)14-13-17(21)22/h3-15H2,1-2H3,(H,21,22). The number of hydrogen-bond acceptors (Lipinski definition) is 5. The number of nitrogens with zero attached hydrogens (tertiary/aromatic N) is 1. The minimum atomic E-state index is -0.903. The topological polar surface area (TPSA) is 70.3 Å². The maximum Gasteiger partial charge on any atom is 0.303 e. The zero-order chi connectivity index (χ0) is 19.0. The van der Waals surface area contributed by atoms with Crippen LogP contribution in [0.1, 0.15) is 90.9 Å². The minimum absolute atomic E-state index is 0.0435. The van der Waals surface area contributed by atoms with E-state index in [0.29, 0.717) is 11.0 Å². The Balaban J connectivity index is 3.63. The fraction of sp³-hybridized carbons (Fsp3) is 0.842. The molecule has 25 heavy (non-hydrogen) atoms. The summed E-state index contributed by atoms with van der Waals surface area (Å²) in [7, 11) is 0. The zero-order valence-corrected chi connectivity index (χ0v) is 17.4. The molecule has 0 amide bonds. The van der Waals surface area contributed by atoms with Crippen molar-refractivity contribution in [3.63, 3.8) is 0 Å². The summed E-state index contributed by atoms with van der Waals surface area (Å²) in [6, 6.07) is 2.14. The van der Waals surface area contributed by atoms with Crippen LogP contribution < -0.4 is 0 Å². The molecule has 0 heterocycles. The third-order valence-electron chi connectivity index (χ3n) is 4.08. The smallest absolute Gasteiger partial charge is 0.303 e. The number of carboxylic acid groups (broad SMARTS) is 1. The predicted molar refractivity (Wildman–Crippen MR) is 109 cm³/mol. The van der Waals surface area contributed by atoms with Crippen LogP contribution in [0.4, 0.5) is 0 Å². The number of thiocarbonyl (C=S) groups is 1. The van der Waals surface area contributed by atoms with Crippen LogP contribution in [0, 0.1) is 11.3 Å². The molecule has 0 saturated heterocycles. The Hall–Kier alpha value is -0.800. The maximum atomic E-state index is 10.6. The third kappa shape index (κ3) is 15.2. The molecule has 0 aliphatic heterocycles. The van der Waals surface area contributed by atoms with Crippen LogP contribution in [0.15, 0.2) is 0 Å². The van der Waals surface area contributed by atoms with Crippen molar-refractivity contribution in [1.29, 1.82) is 5.26 Å². The summed E-state index contributed by atoms with van der Waals surface area (Å²) in [6.07, 6.45) is 12.9. The number of unbranched alkanes of at least 4 members (excludes halogenated alkanes) is 9. The molecule has 4 nitrogen and oxygen atoms in total. The van der Waals surface area contributed by atoms with Crippen molar-refractivity contribution in [2.45, 2.75) is 95.6 Å². The Kier molecular flexibility index (Phi) is 15.0. The molecular formula is C19H33NO3S2. The Morgan fingerprint density at radius 2 is 1.64 bits per heavy atom. The van der Waals surface area contributed by atoms with Gasteiger partial charge < -0.3 is 9.84 Å². The molecule has 1 atom stereocenters. The van der Waals surface area contributed by atoms with Gasteiger partial charge in [-0.05, 0) is 32.0 Å². The van der Waals surface area contributed by atoms with Gasteiger partial charge in [-0.3, -0.25) is 4.79 Å². The van der Waals surface area contributed by atoms with Crippen LogP contribution in [0.5, 0.6) is 0 Å². The molecule has 0 aromatic heterocycles. The average molecular weight is 388 g/mol. The van der Waals surface area contributed by atoms with Crippen molar-refractivity contribution in [2.75, 3.05) is 6.61 Å². The summed E-state index contributed by atoms with van der Waals surface area (Å²) in [6.45, 7) is 4.52. The lowest BCUT2D eigenvalue weighted by Gasteiger charge is -2.20. The largest absolute Gasteiger partial charge is 0.481 e. The number of nitriles is 1. The predicted octanol–water partition coefficient (Wildman–Crippen LogP) is 6.09. The lowest BCUT2D eigenvalue weighted by molar-refractivity contribution is -0.137. The van der Waals surface area contributed by atoms with Gasteiger partial charge in [0.1, 0.15) is 4.75 Å². The highest BCUT2D eigenvalue weighted by atomic mass is 32.2. The first-order chi connectivity index (χ1) is 11.9. The van der Waals surface area contributed by atoms with Gasteiger partial charge in [0.2, 0.25) is 4.38 Å². The molecule has 0 bridgehead atoms. The van der Waals surface area contributed by atoms with Crippen molar-refractivity contribution in [2.24, 2.45) is 0 Å². The van der Waals surface area contributed by atoms with Crippen LogP contribution in [-0.4, -0.2) is 26.8 Å². The van der Waals surface area contributed by atoms with Gasteiger partial charge in [0.15, 0.2) is 0 Å². The van der Waals surface area contributed by atoms with Gasteiger partial charge in [-0.2, -0.15) is 5.26 Å². The number of aliphatic carboxylic acids is 1. The molecule has 0 radical (unpaired) electrons. The lowest BCUT2D eigenvalue weighted by Crippen LogP contribution is -2.22. The highest BCUT2D eigenvalue weighted by molar-refractivity contribution is 8.23. The Labute approximate surface area is 162 Å². The fourth-order valence-corrected chi connectivity index (χ4v) is 3.83. The summed E-state index contributed by atoms with van der Waals surface area (Å²) in [5, 5.41) is 18.0. The molecule has 0 aromatic carbocycles. The molecule has 1 unspecified atom stereocenters.